The zero-order valence-electron chi connectivity index (χ0n) is 10.2. The van der Waals surface area contributed by atoms with Gasteiger partial charge in [0.05, 0.1) is 0 Å². The van der Waals surface area contributed by atoms with Crippen LogP contribution < -0.4 is 0 Å². The van der Waals surface area contributed by atoms with E-state index in [2.05, 4.69) is 15.9 Å². The maximum absolute atomic E-state index is 12.2. The van der Waals surface area contributed by atoms with Crippen LogP contribution in [-0.2, 0) is 6.42 Å². The Balaban J connectivity index is 2.23. The average Bonchev–Trinajstić information content (AvgIpc) is 2.36. The lowest BCUT2D eigenvalue weighted by molar-refractivity contribution is 0.0993. The third-order valence-corrected chi connectivity index (χ3v) is 4.30. The van der Waals surface area contributed by atoms with Gasteiger partial charge < -0.3 is 0 Å². The van der Waals surface area contributed by atoms with Gasteiger partial charge in [-0.2, -0.15) is 0 Å². The molecule has 0 heterocycles. The van der Waals surface area contributed by atoms with Crippen LogP contribution in [0.2, 0.25) is 10.0 Å². The van der Waals surface area contributed by atoms with Crippen molar-refractivity contribution in [2.45, 2.75) is 13.3 Å². The predicted octanol–water partition coefficient (Wildman–Crippen LogP) is 5.49. The summed E-state index contributed by atoms with van der Waals surface area (Å²) in [5.74, 6) is 0.0323. The van der Waals surface area contributed by atoms with E-state index in [0.29, 0.717) is 15.6 Å². The lowest BCUT2D eigenvalue weighted by Crippen LogP contribution is -2.04. The summed E-state index contributed by atoms with van der Waals surface area (Å²) in [7, 11) is 0. The van der Waals surface area contributed by atoms with E-state index in [4.69, 9.17) is 23.2 Å². The van der Waals surface area contributed by atoms with Gasteiger partial charge in [0.15, 0.2) is 5.78 Å². The number of hydrogen-bond donors (Lipinski definition) is 0. The van der Waals surface area contributed by atoms with Gasteiger partial charge in [-0.3, -0.25) is 4.79 Å². The Morgan fingerprint density at radius 1 is 1.16 bits per heavy atom. The van der Waals surface area contributed by atoms with Crippen molar-refractivity contribution in [3.63, 3.8) is 0 Å². The number of carbonyl (C=O) groups excluding carboxylic acids is 1. The molecule has 0 unspecified atom stereocenters. The first-order valence-electron chi connectivity index (χ1n) is 5.70. The number of hydrogen-bond acceptors (Lipinski definition) is 1. The summed E-state index contributed by atoms with van der Waals surface area (Å²) in [6, 6.07) is 10.7. The second-order valence-electron chi connectivity index (χ2n) is 4.30. The highest BCUT2D eigenvalue weighted by Crippen LogP contribution is 2.23. The van der Waals surface area contributed by atoms with Gasteiger partial charge in [-0.15, -0.1) is 0 Å². The van der Waals surface area contributed by atoms with Crippen LogP contribution >= 0.6 is 39.1 Å². The molecule has 98 valence electrons. The predicted molar refractivity (Wildman–Crippen MR) is 83.4 cm³/mol. The van der Waals surface area contributed by atoms with Crippen molar-refractivity contribution < 1.29 is 4.79 Å². The van der Waals surface area contributed by atoms with Gasteiger partial charge in [0.2, 0.25) is 0 Å². The van der Waals surface area contributed by atoms with Crippen LogP contribution in [-0.4, -0.2) is 5.78 Å². The number of ketones is 1. The van der Waals surface area contributed by atoms with Crippen molar-refractivity contribution in [2.24, 2.45) is 0 Å². The van der Waals surface area contributed by atoms with E-state index in [0.717, 1.165) is 15.6 Å². The number of benzene rings is 2. The third-order valence-electron chi connectivity index (χ3n) is 2.86. The minimum atomic E-state index is 0.0323. The molecular formula is C15H11BrCl2O. The Bertz CT molecular complexity index is 638. The van der Waals surface area contributed by atoms with Gasteiger partial charge in [-0.1, -0.05) is 57.3 Å². The fourth-order valence-electron chi connectivity index (χ4n) is 1.71. The first-order chi connectivity index (χ1) is 8.97. The van der Waals surface area contributed by atoms with Crippen molar-refractivity contribution in [1.82, 2.24) is 0 Å². The third kappa shape index (κ3) is 3.59. The molecule has 0 radical (unpaired) electrons. The number of halogens is 3. The summed E-state index contributed by atoms with van der Waals surface area (Å²) in [5.41, 5.74) is 2.55. The quantitative estimate of drug-likeness (QED) is 0.664. The zero-order valence-corrected chi connectivity index (χ0v) is 13.3. The van der Waals surface area contributed by atoms with E-state index in [9.17, 15) is 4.79 Å². The van der Waals surface area contributed by atoms with E-state index in [1.807, 2.05) is 25.1 Å². The largest absolute Gasteiger partial charge is 0.294 e. The molecule has 1 nitrogen and oxygen atoms in total. The molecule has 19 heavy (non-hydrogen) atoms. The number of carbonyl (C=O) groups is 1. The second-order valence-corrected chi connectivity index (χ2v) is 6.00. The number of Topliss-reactive ketones (excluding diaryl/α,β-unsaturated/α-hetero) is 1. The van der Waals surface area contributed by atoms with Crippen molar-refractivity contribution in [3.05, 3.63) is 67.6 Å². The molecule has 0 aliphatic rings. The van der Waals surface area contributed by atoms with E-state index in [1.165, 1.54) is 0 Å². The van der Waals surface area contributed by atoms with E-state index in [-0.39, 0.29) is 12.2 Å². The molecule has 2 aromatic carbocycles. The molecule has 0 atom stereocenters. The second kappa shape index (κ2) is 6.08. The monoisotopic (exact) mass is 356 g/mol. The Hall–Kier alpha value is -0.830. The lowest BCUT2D eigenvalue weighted by Gasteiger charge is -2.06. The molecule has 0 bridgehead atoms. The SMILES string of the molecule is Cc1ccc(C(=O)Cc2ccc(Cl)cc2Cl)cc1Br. The van der Waals surface area contributed by atoms with Crippen molar-refractivity contribution in [2.75, 3.05) is 0 Å². The van der Waals surface area contributed by atoms with Crippen LogP contribution in [0.4, 0.5) is 0 Å². The highest BCUT2D eigenvalue weighted by molar-refractivity contribution is 9.10. The van der Waals surface area contributed by atoms with Crippen molar-refractivity contribution in [1.29, 1.82) is 0 Å². The van der Waals surface area contributed by atoms with Gasteiger partial charge in [0.25, 0.3) is 0 Å². The topological polar surface area (TPSA) is 17.1 Å². The molecule has 0 saturated heterocycles. The first kappa shape index (κ1) is 14.6. The first-order valence-corrected chi connectivity index (χ1v) is 7.25. The van der Waals surface area contributed by atoms with Gasteiger partial charge >= 0.3 is 0 Å². The molecule has 0 aliphatic carbocycles. The van der Waals surface area contributed by atoms with E-state index in [1.54, 1.807) is 18.2 Å². The van der Waals surface area contributed by atoms with Gasteiger partial charge in [-0.05, 0) is 36.2 Å². The lowest BCUT2D eigenvalue weighted by atomic mass is 10.0. The number of aryl methyl sites for hydroxylation is 1. The van der Waals surface area contributed by atoms with Gasteiger partial charge in [0.1, 0.15) is 0 Å². The molecule has 2 aromatic rings. The Morgan fingerprint density at radius 3 is 2.53 bits per heavy atom. The average molecular weight is 358 g/mol. The molecule has 0 aliphatic heterocycles. The van der Waals surface area contributed by atoms with E-state index >= 15 is 0 Å². The Labute approximate surface area is 130 Å². The fourth-order valence-corrected chi connectivity index (χ4v) is 2.56. The van der Waals surface area contributed by atoms with Crippen LogP contribution in [0, 0.1) is 6.92 Å². The molecule has 2 rings (SSSR count). The Kier molecular flexibility index (Phi) is 4.67. The summed E-state index contributed by atoms with van der Waals surface area (Å²) in [6.07, 6.45) is 0.269. The summed E-state index contributed by atoms with van der Waals surface area (Å²) < 4.78 is 0.931. The zero-order chi connectivity index (χ0) is 14.0. The van der Waals surface area contributed by atoms with Gasteiger partial charge in [-0.25, -0.2) is 0 Å². The minimum Gasteiger partial charge on any atom is -0.294 e. The maximum Gasteiger partial charge on any atom is 0.167 e. The summed E-state index contributed by atoms with van der Waals surface area (Å²) >= 11 is 15.3. The molecule has 4 heteroatoms. The summed E-state index contributed by atoms with van der Waals surface area (Å²) in [6.45, 7) is 1.98. The van der Waals surface area contributed by atoms with Crippen LogP contribution in [0.15, 0.2) is 40.9 Å². The Morgan fingerprint density at radius 2 is 1.89 bits per heavy atom. The normalized spacial score (nSPS) is 10.5. The van der Waals surface area contributed by atoms with Crippen LogP contribution in [0.3, 0.4) is 0 Å². The maximum atomic E-state index is 12.2. The molecule has 0 spiro atoms. The highest BCUT2D eigenvalue weighted by atomic mass is 79.9. The van der Waals surface area contributed by atoms with Gasteiger partial charge in [0, 0.05) is 26.5 Å². The highest BCUT2D eigenvalue weighted by Gasteiger charge is 2.11. The van der Waals surface area contributed by atoms with E-state index < -0.39 is 0 Å². The van der Waals surface area contributed by atoms with Crippen molar-refractivity contribution in [3.8, 4) is 0 Å². The molecule has 0 amide bonds. The minimum absolute atomic E-state index is 0.0323. The fraction of sp³-hybridized carbons (Fsp3) is 0.133. The molecule has 0 N–H and O–H groups in total. The molecule has 0 aromatic heterocycles. The smallest absolute Gasteiger partial charge is 0.167 e. The molecular weight excluding hydrogens is 347 g/mol. The van der Waals surface area contributed by atoms with Crippen LogP contribution in [0.5, 0.6) is 0 Å². The number of rotatable bonds is 3. The molecule has 0 fully saturated rings. The van der Waals surface area contributed by atoms with Crippen LogP contribution in [0.25, 0.3) is 0 Å². The van der Waals surface area contributed by atoms with Crippen molar-refractivity contribution >= 4 is 44.9 Å². The van der Waals surface area contributed by atoms with Crippen LogP contribution in [0.1, 0.15) is 21.5 Å². The standard InChI is InChI=1S/C15H11BrCl2O/c1-9-2-3-11(6-13(9)16)15(19)7-10-4-5-12(17)8-14(10)18/h2-6,8H,7H2,1H3. The molecule has 0 saturated carbocycles. The summed E-state index contributed by atoms with van der Waals surface area (Å²) in [4.78, 5) is 12.2. The summed E-state index contributed by atoms with van der Waals surface area (Å²) in [5, 5.41) is 1.09.